The van der Waals surface area contributed by atoms with Crippen molar-refractivity contribution in [3.05, 3.63) is 40.1 Å². The maximum atomic E-state index is 5.88. The van der Waals surface area contributed by atoms with Gasteiger partial charge in [-0.05, 0) is 36.6 Å². The first-order valence-electron chi connectivity index (χ1n) is 6.29. The summed E-state index contributed by atoms with van der Waals surface area (Å²) in [4.78, 5) is 8.39. The Kier molecular flexibility index (Phi) is 4.57. The second-order valence-electron chi connectivity index (χ2n) is 4.72. The number of rotatable bonds is 4. The van der Waals surface area contributed by atoms with Crippen molar-refractivity contribution in [2.45, 2.75) is 26.7 Å². The number of nitrogens with two attached hydrogens (primary N) is 1. The Balaban J connectivity index is 2.37. The molecule has 0 spiro atoms. The van der Waals surface area contributed by atoms with Crippen molar-refractivity contribution in [3.8, 4) is 11.6 Å². The van der Waals surface area contributed by atoms with E-state index in [0.717, 1.165) is 15.8 Å². The maximum Gasteiger partial charge on any atom is 0.224 e. The topological polar surface area (TPSA) is 73.1 Å². The first kappa shape index (κ1) is 14.7. The molecule has 0 radical (unpaired) electrons. The van der Waals surface area contributed by atoms with Gasteiger partial charge in [0.05, 0.1) is 0 Å². The van der Waals surface area contributed by atoms with Crippen LogP contribution in [0.15, 0.2) is 28.7 Å². The van der Waals surface area contributed by atoms with Crippen molar-refractivity contribution in [2.24, 2.45) is 5.84 Å². The van der Waals surface area contributed by atoms with Crippen LogP contribution in [0.1, 0.15) is 31.2 Å². The van der Waals surface area contributed by atoms with Crippen LogP contribution in [-0.2, 0) is 0 Å². The molecule has 0 fully saturated rings. The zero-order valence-corrected chi connectivity index (χ0v) is 13.2. The van der Waals surface area contributed by atoms with Crippen LogP contribution in [0.4, 0.5) is 5.82 Å². The van der Waals surface area contributed by atoms with Crippen LogP contribution in [0.3, 0.4) is 0 Å². The number of ether oxygens (including phenoxy) is 1. The lowest BCUT2D eigenvalue weighted by molar-refractivity contribution is 0.451. The zero-order chi connectivity index (χ0) is 14.7. The van der Waals surface area contributed by atoms with Gasteiger partial charge in [0.1, 0.15) is 17.4 Å². The summed E-state index contributed by atoms with van der Waals surface area (Å²) in [7, 11) is 0. The number of nitrogen functional groups attached to an aromatic ring is 1. The summed E-state index contributed by atoms with van der Waals surface area (Å²) in [6.07, 6.45) is 0. The fourth-order valence-electron chi connectivity index (χ4n) is 1.84. The Labute approximate surface area is 126 Å². The van der Waals surface area contributed by atoms with Gasteiger partial charge in [0.15, 0.2) is 0 Å². The summed E-state index contributed by atoms with van der Waals surface area (Å²) in [5.74, 6) is 8.09. The summed E-state index contributed by atoms with van der Waals surface area (Å²) < 4.78 is 6.91. The predicted octanol–water partition coefficient (Wildman–Crippen LogP) is 3.75. The molecule has 0 saturated heterocycles. The van der Waals surface area contributed by atoms with E-state index in [1.54, 1.807) is 13.0 Å². The van der Waals surface area contributed by atoms with Gasteiger partial charge in [0.25, 0.3) is 0 Å². The lowest BCUT2D eigenvalue weighted by atomic mass is 10.0. The number of halogens is 1. The van der Waals surface area contributed by atoms with Crippen molar-refractivity contribution in [1.29, 1.82) is 0 Å². The fourth-order valence-corrected chi connectivity index (χ4v) is 2.22. The quantitative estimate of drug-likeness (QED) is 0.657. The minimum absolute atomic E-state index is 0.345. The van der Waals surface area contributed by atoms with E-state index in [4.69, 9.17) is 10.6 Å². The van der Waals surface area contributed by atoms with Gasteiger partial charge < -0.3 is 10.2 Å². The van der Waals surface area contributed by atoms with E-state index in [9.17, 15) is 0 Å². The minimum Gasteiger partial charge on any atom is -0.439 e. The number of hydrogen-bond acceptors (Lipinski definition) is 5. The summed E-state index contributed by atoms with van der Waals surface area (Å²) >= 11 is 3.48. The van der Waals surface area contributed by atoms with E-state index < -0.39 is 0 Å². The Bertz CT molecular complexity index is 616. The van der Waals surface area contributed by atoms with Crippen molar-refractivity contribution in [3.63, 3.8) is 0 Å². The average molecular weight is 337 g/mol. The van der Waals surface area contributed by atoms with E-state index in [1.165, 1.54) is 0 Å². The van der Waals surface area contributed by atoms with Crippen LogP contribution in [0.25, 0.3) is 0 Å². The monoisotopic (exact) mass is 336 g/mol. The smallest absolute Gasteiger partial charge is 0.224 e. The Morgan fingerprint density at radius 1 is 1.25 bits per heavy atom. The lowest BCUT2D eigenvalue weighted by Crippen LogP contribution is -2.10. The summed E-state index contributed by atoms with van der Waals surface area (Å²) in [5.41, 5.74) is 3.61. The highest BCUT2D eigenvalue weighted by Crippen LogP contribution is 2.32. The Hall–Kier alpha value is -1.66. The summed E-state index contributed by atoms with van der Waals surface area (Å²) in [6.45, 7) is 6.03. The first-order valence-corrected chi connectivity index (χ1v) is 7.08. The van der Waals surface area contributed by atoms with Crippen LogP contribution >= 0.6 is 15.9 Å². The van der Waals surface area contributed by atoms with Crippen molar-refractivity contribution in [1.82, 2.24) is 9.97 Å². The first-order chi connectivity index (χ1) is 9.49. The zero-order valence-electron chi connectivity index (χ0n) is 11.6. The fraction of sp³-hybridized carbons (Fsp3) is 0.286. The molecule has 0 aliphatic carbocycles. The molecule has 0 aliphatic heterocycles. The number of benzene rings is 1. The molecule has 1 aromatic carbocycles. The number of nitrogens with zero attached hydrogens (tertiary/aromatic N) is 2. The number of nitrogens with one attached hydrogen (secondary N) is 1. The van der Waals surface area contributed by atoms with Crippen LogP contribution in [0, 0.1) is 6.92 Å². The van der Waals surface area contributed by atoms with Gasteiger partial charge in [-0.2, -0.15) is 4.98 Å². The second-order valence-corrected chi connectivity index (χ2v) is 5.64. The van der Waals surface area contributed by atoms with Crippen LogP contribution in [-0.4, -0.2) is 9.97 Å². The highest BCUT2D eigenvalue weighted by atomic mass is 79.9. The minimum atomic E-state index is 0.345. The van der Waals surface area contributed by atoms with Crippen molar-refractivity contribution < 1.29 is 4.74 Å². The van der Waals surface area contributed by atoms with Crippen molar-refractivity contribution in [2.75, 3.05) is 5.43 Å². The van der Waals surface area contributed by atoms with Crippen LogP contribution in [0.2, 0.25) is 0 Å². The summed E-state index contributed by atoms with van der Waals surface area (Å²) in [6, 6.07) is 7.58. The number of hydrogen-bond donors (Lipinski definition) is 2. The third kappa shape index (κ3) is 3.46. The van der Waals surface area contributed by atoms with Crippen molar-refractivity contribution >= 4 is 21.7 Å². The van der Waals surface area contributed by atoms with Gasteiger partial charge >= 0.3 is 0 Å². The van der Waals surface area contributed by atoms with E-state index >= 15 is 0 Å². The number of anilines is 1. The largest absolute Gasteiger partial charge is 0.439 e. The predicted molar refractivity (Wildman–Crippen MR) is 82.9 cm³/mol. The molecule has 0 atom stereocenters. The number of hydrazine groups is 1. The summed E-state index contributed by atoms with van der Waals surface area (Å²) in [5, 5.41) is 0. The molecule has 2 aromatic rings. The van der Waals surface area contributed by atoms with E-state index in [-0.39, 0.29) is 0 Å². The third-order valence-corrected chi connectivity index (χ3v) is 3.26. The van der Waals surface area contributed by atoms with Gasteiger partial charge in [0, 0.05) is 10.5 Å². The van der Waals surface area contributed by atoms with Gasteiger partial charge in [-0.15, -0.1) is 0 Å². The van der Waals surface area contributed by atoms with Crippen LogP contribution < -0.4 is 16.0 Å². The molecule has 0 unspecified atom stereocenters. The number of aromatic nitrogens is 2. The SMILES string of the molecule is Cc1nc(NN)cc(Oc2ccc(Br)cc2C(C)C)n1. The molecule has 2 rings (SSSR count). The molecule has 0 aliphatic rings. The van der Waals surface area contributed by atoms with Gasteiger partial charge in [-0.25, -0.2) is 10.8 Å². The third-order valence-electron chi connectivity index (χ3n) is 2.77. The molecule has 0 amide bonds. The molecule has 3 N–H and O–H groups in total. The molecular formula is C14H17BrN4O. The molecule has 0 bridgehead atoms. The van der Waals surface area contributed by atoms with E-state index in [2.05, 4.69) is 51.2 Å². The molecule has 0 saturated carbocycles. The standard InChI is InChI=1S/C14H17BrN4O/c1-8(2)11-6-10(15)4-5-12(11)20-14-7-13(19-16)17-9(3)18-14/h4-8H,16H2,1-3H3,(H,17,18,19). The maximum absolute atomic E-state index is 5.88. The Morgan fingerprint density at radius 2 is 2.00 bits per heavy atom. The van der Waals surface area contributed by atoms with Crippen LogP contribution in [0.5, 0.6) is 11.6 Å². The number of aryl methyl sites for hydroxylation is 1. The second kappa shape index (κ2) is 6.19. The Morgan fingerprint density at radius 3 is 2.65 bits per heavy atom. The molecule has 20 heavy (non-hydrogen) atoms. The molecule has 106 valence electrons. The van der Waals surface area contributed by atoms with Gasteiger partial charge in [-0.1, -0.05) is 29.8 Å². The molecular weight excluding hydrogens is 320 g/mol. The normalized spacial score (nSPS) is 10.7. The molecule has 1 heterocycles. The van der Waals surface area contributed by atoms with E-state index in [1.807, 2.05) is 12.1 Å². The van der Waals surface area contributed by atoms with Gasteiger partial charge in [-0.3, -0.25) is 0 Å². The molecule has 1 aromatic heterocycles. The lowest BCUT2D eigenvalue weighted by Gasteiger charge is -2.14. The highest BCUT2D eigenvalue weighted by Gasteiger charge is 2.11. The average Bonchev–Trinajstić information content (AvgIpc) is 2.40. The highest BCUT2D eigenvalue weighted by molar-refractivity contribution is 9.10. The molecule has 6 heteroatoms. The molecule has 5 nitrogen and oxygen atoms in total. The van der Waals surface area contributed by atoms with E-state index in [0.29, 0.717) is 23.4 Å². The van der Waals surface area contributed by atoms with Gasteiger partial charge in [0.2, 0.25) is 5.88 Å².